The number of carbonyl (C=O) groups is 1. The van der Waals surface area contributed by atoms with Gasteiger partial charge in [-0.25, -0.2) is 4.39 Å². The smallest absolute Gasteiger partial charge is 0.256 e. The molecule has 1 aliphatic heterocycles. The molecule has 8 heteroatoms. The number of nitrogens with zero attached hydrogens (tertiary/aromatic N) is 5. The number of hydrogen-bond donors (Lipinski definition) is 0. The molecule has 0 aliphatic carbocycles. The Morgan fingerprint density at radius 3 is 2.69 bits per heavy atom. The lowest BCUT2D eigenvalue weighted by molar-refractivity contribution is 0.0388. The average molecular weight is 431 g/mol. The molecule has 5 rings (SSSR count). The third kappa shape index (κ3) is 3.68. The van der Waals surface area contributed by atoms with Crippen LogP contribution in [0.3, 0.4) is 0 Å². The van der Waals surface area contributed by atoms with Crippen molar-refractivity contribution in [1.82, 2.24) is 24.9 Å². The predicted octanol–water partition coefficient (Wildman–Crippen LogP) is 4.03. The Morgan fingerprint density at radius 1 is 1.03 bits per heavy atom. The van der Waals surface area contributed by atoms with Gasteiger partial charge >= 0.3 is 0 Å². The van der Waals surface area contributed by atoms with E-state index in [1.807, 2.05) is 30.0 Å². The molecule has 1 amide bonds. The molecule has 2 aromatic heterocycles. The fourth-order valence-corrected chi connectivity index (χ4v) is 4.17. The molecule has 0 bridgehead atoms. The van der Waals surface area contributed by atoms with Crippen LogP contribution in [0.25, 0.3) is 16.6 Å². The molecule has 1 fully saturated rings. The maximum absolute atomic E-state index is 14.1. The molecule has 1 saturated heterocycles. The van der Waals surface area contributed by atoms with Crippen molar-refractivity contribution >= 4 is 16.8 Å². The molecule has 4 aromatic rings. The zero-order valence-corrected chi connectivity index (χ0v) is 17.6. The second-order valence-electron chi connectivity index (χ2n) is 7.90. The van der Waals surface area contributed by atoms with E-state index in [4.69, 9.17) is 4.74 Å². The van der Waals surface area contributed by atoms with Crippen LogP contribution < -0.4 is 4.74 Å². The Balaban J connectivity index is 1.41. The number of benzene rings is 2. The number of carbonyl (C=O) groups excluding carboxylic acids is 1. The monoisotopic (exact) mass is 431 g/mol. The summed E-state index contributed by atoms with van der Waals surface area (Å²) in [5.41, 5.74) is 1.45. The molecule has 32 heavy (non-hydrogen) atoms. The average Bonchev–Trinajstić information content (AvgIpc) is 3.35. The lowest BCUT2D eigenvalue weighted by Gasteiger charge is -2.38. The van der Waals surface area contributed by atoms with Crippen LogP contribution in [0, 0.1) is 5.82 Å². The highest BCUT2D eigenvalue weighted by Gasteiger charge is 2.32. The van der Waals surface area contributed by atoms with Crippen LogP contribution in [0.15, 0.2) is 67.1 Å². The Labute approximate surface area is 184 Å². The van der Waals surface area contributed by atoms with Gasteiger partial charge in [0.1, 0.15) is 23.2 Å². The lowest BCUT2D eigenvalue weighted by atomic mass is 9.99. The van der Waals surface area contributed by atoms with Crippen LogP contribution in [0.5, 0.6) is 5.75 Å². The van der Waals surface area contributed by atoms with E-state index in [2.05, 4.69) is 15.2 Å². The molecule has 0 spiro atoms. The molecule has 2 atom stereocenters. The van der Waals surface area contributed by atoms with Crippen molar-refractivity contribution in [1.29, 1.82) is 0 Å². The normalized spacial score (nSPS) is 18.6. The van der Waals surface area contributed by atoms with Crippen molar-refractivity contribution in [3.63, 3.8) is 0 Å². The molecule has 3 heterocycles. The second kappa shape index (κ2) is 8.37. The zero-order valence-electron chi connectivity index (χ0n) is 17.6. The first-order valence-corrected chi connectivity index (χ1v) is 10.6. The summed E-state index contributed by atoms with van der Waals surface area (Å²) in [5, 5.41) is 8.97. The molecule has 0 radical (unpaired) electrons. The van der Waals surface area contributed by atoms with E-state index in [0.29, 0.717) is 28.9 Å². The molecule has 7 nitrogen and oxygen atoms in total. The van der Waals surface area contributed by atoms with Crippen LogP contribution in [-0.2, 0) is 0 Å². The molecule has 1 aliphatic rings. The van der Waals surface area contributed by atoms with Crippen molar-refractivity contribution < 1.29 is 13.9 Å². The molecule has 0 unspecified atom stereocenters. The molecule has 162 valence electrons. The Hall–Kier alpha value is -3.81. The summed E-state index contributed by atoms with van der Waals surface area (Å²) < 4.78 is 20.4. The number of fused-ring (bicyclic) bond motifs is 1. The van der Waals surface area contributed by atoms with Crippen LogP contribution in [-0.4, -0.2) is 49.5 Å². The van der Waals surface area contributed by atoms with E-state index in [9.17, 15) is 9.18 Å². The molecular formula is C24H22FN5O2. The zero-order chi connectivity index (χ0) is 22.1. The maximum atomic E-state index is 14.1. The van der Waals surface area contributed by atoms with Crippen LogP contribution >= 0.6 is 0 Å². The van der Waals surface area contributed by atoms with Gasteiger partial charge in [-0.1, -0.05) is 18.2 Å². The summed E-state index contributed by atoms with van der Waals surface area (Å²) in [6, 6.07) is 13.9. The first-order valence-electron chi connectivity index (χ1n) is 10.6. The summed E-state index contributed by atoms with van der Waals surface area (Å²) >= 11 is 0. The van der Waals surface area contributed by atoms with Crippen molar-refractivity contribution in [3.05, 3.63) is 78.5 Å². The van der Waals surface area contributed by atoms with Gasteiger partial charge in [0.05, 0.1) is 30.2 Å². The lowest BCUT2D eigenvalue weighted by Crippen LogP contribution is -2.49. The highest BCUT2D eigenvalue weighted by molar-refractivity contribution is 5.98. The van der Waals surface area contributed by atoms with E-state index in [0.717, 1.165) is 12.8 Å². The summed E-state index contributed by atoms with van der Waals surface area (Å²) in [5.74, 6) is 0.0952. The molecule has 0 N–H and O–H groups in total. The number of amides is 1. The fourth-order valence-electron chi connectivity index (χ4n) is 4.17. The maximum Gasteiger partial charge on any atom is 0.256 e. The number of rotatable bonds is 4. The summed E-state index contributed by atoms with van der Waals surface area (Å²) in [6.45, 7) is 2.47. The highest BCUT2D eigenvalue weighted by Crippen LogP contribution is 2.30. The van der Waals surface area contributed by atoms with Gasteiger partial charge in [0.25, 0.3) is 5.91 Å². The largest absolute Gasteiger partial charge is 0.488 e. The number of likely N-dealkylation sites (tertiary alicyclic amines) is 1. The third-order valence-electron chi connectivity index (χ3n) is 5.84. The second-order valence-corrected chi connectivity index (χ2v) is 7.90. The van der Waals surface area contributed by atoms with E-state index >= 15 is 0 Å². The minimum absolute atomic E-state index is 0.0626. The van der Waals surface area contributed by atoms with Gasteiger partial charge in [-0.05, 0) is 50.1 Å². The summed E-state index contributed by atoms with van der Waals surface area (Å²) in [4.78, 5) is 20.9. The number of halogens is 1. The topological polar surface area (TPSA) is 73.1 Å². The molecule has 0 saturated carbocycles. The quantitative estimate of drug-likeness (QED) is 0.488. The van der Waals surface area contributed by atoms with Crippen molar-refractivity contribution in [2.45, 2.75) is 31.9 Å². The minimum atomic E-state index is -0.383. The number of para-hydroxylation sites is 2. The first-order chi connectivity index (χ1) is 15.6. The van der Waals surface area contributed by atoms with Crippen LogP contribution in [0.1, 0.15) is 30.1 Å². The third-order valence-corrected chi connectivity index (χ3v) is 5.84. The van der Waals surface area contributed by atoms with Crippen molar-refractivity contribution in [3.8, 4) is 11.4 Å². The van der Waals surface area contributed by atoms with Gasteiger partial charge in [0.15, 0.2) is 0 Å². The van der Waals surface area contributed by atoms with E-state index in [-0.39, 0.29) is 29.4 Å². The standard InChI is InChI=1S/C24H22FN5O2/c1-16-9-10-17(32-22-11-12-26-23-19(22)6-4-7-20(23)25)15-29(16)24(31)18-5-2-3-8-21(18)30-27-13-14-28-30/h2-8,11-14,16-17H,9-10,15H2,1H3/t16-,17+/m0/s1. The van der Waals surface area contributed by atoms with Gasteiger partial charge in [-0.15, -0.1) is 0 Å². The Morgan fingerprint density at radius 2 is 1.84 bits per heavy atom. The summed E-state index contributed by atoms with van der Waals surface area (Å²) in [6.07, 6.45) is 6.09. The van der Waals surface area contributed by atoms with Crippen LogP contribution in [0.2, 0.25) is 0 Å². The first kappa shape index (κ1) is 20.1. The van der Waals surface area contributed by atoms with E-state index in [1.54, 1.807) is 42.9 Å². The summed E-state index contributed by atoms with van der Waals surface area (Å²) in [7, 11) is 0. The fraction of sp³-hybridized carbons (Fsp3) is 0.250. The Bertz CT molecular complexity index is 1260. The van der Waals surface area contributed by atoms with Gasteiger partial charge in [-0.2, -0.15) is 15.0 Å². The minimum Gasteiger partial charge on any atom is -0.488 e. The number of aromatic nitrogens is 4. The van der Waals surface area contributed by atoms with E-state index < -0.39 is 0 Å². The number of pyridine rings is 1. The highest BCUT2D eigenvalue weighted by atomic mass is 19.1. The Kier molecular flexibility index (Phi) is 5.26. The predicted molar refractivity (Wildman–Crippen MR) is 117 cm³/mol. The molecular weight excluding hydrogens is 409 g/mol. The van der Waals surface area contributed by atoms with Crippen molar-refractivity contribution in [2.75, 3.05) is 6.54 Å². The SMILES string of the molecule is C[C@H]1CC[C@@H](Oc2ccnc3c(F)cccc23)CN1C(=O)c1ccccc1-n1nccn1. The van der Waals surface area contributed by atoms with Gasteiger partial charge in [-0.3, -0.25) is 9.78 Å². The van der Waals surface area contributed by atoms with Crippen LogP contribution in [0.4, 0.5) is 4.39 Å². The number of piperidine rings is 1. The van der Waals surface area contributed by atoms with Gasteiger partial charge in [0.2, 0.25) is 0 Å². The van der Waals surface area contributed by atoms with Gasteiger partial charge in [0, 0.05) is 17.6 Å². The number of hydrogen-bond acceptors (Lipinski definition) is 5. The van der Waals surface area contributed by atoms with Gasteiger partial charge < -0.3 is 9.64 Å². The number of ether oxygens (including phenoxy) is 1. The molecule has 2 aromatic carbocycles. The van der Waals surface area contributed by atoms with Crippen molar-refractivity contribution in [2.24, 2.45) is 0 Å². The van der Waals surface area contributed by atoms with E-state index in [1.165, 1.54) is 10.9 Å².